The number of tetrazole rings is 1. The van der Waals surface area contributed by atoms with Crippen LogP contribution in [0.4, 0.5) is 5.95 Å². The molecule has 0 spiro atoms. The van der Waals surface area contributed by atoms with Crippen molar-refractivity contribution in [2.75, 3.05) is 18.3 Å². The standard InChI is InChI=1S/C12H17BrN6O2/c1-7(2)21-11-5-9(13)8(4-10(11)20-3)6-15-19-12(14)16-17-18-19/h4-5,7,15H,6H2,1-3H3,(H2,14,16,18). The van der Waals surface area contributed by atoms with Gasteiger partial charge in [0.05, 0.1) is 19.8 Å². The molecule has 114 valence electrons. The first-order chi connectivity index (χ1) is 10.0. The van der Waals surface area contributed by atoms with Gasteiger partial charge in [0.2, 0.25) is 0 Å². The molecule has 1 heterocycles. The van der Waals surface area contributed by atoms with Crippen LogP contribution in [0, 0.1) is 0 Å². The number of methoxy groups -OCH3 is 1. The fraction of sp³-hybridized carbons (Fsp3) is 0.417. The van der Waals surface area contributed by atoms with E-state index in [0.29, 0.717) is 18.0 Å². The Morgan fingerprint density at radius 3 is 2.71 bits per heavy atom. The molecular formula is C12H17BrN6O2. The minimum Gasteiger partial charge on any atom is -0.493 e. The molecule has 0 aliphatic carbocycles. The van der Waals surface area contributed by atoms with Gasteiger partial charge in [0.15, 0.2) is 11.5 Å². The highest BCUT2D eigenvalue weighted by molar-refractivity contribution is 9.10. The first-order valence-electron chi connectivity index (χ1n) is 6.32. The Bertz CT molecular complexity index is 616. The minimum absolute atomic E-state index is 0.0656. The molecule has 0 aliphatic rings. The number of hydrogen-bond acceptors (Lipinski definition) is 7. The van der Waals surface area contributed by atoms with E-state index in [2.05, 4.69) is 36.9 Å². The van der Waals surface area contributed by atoms with Crippen LogP contribution in [0.1, 0.15) is 19.4 Å². The van der Waals surface area contributed by atoms with Crippen LogP contribution in [0.5, 0.6) is 11.5 Å². The molecule has 0 unspecified atom stereocenters. The van der Waals surface area contributed by atoms with Gasteiger partial charge in [-0.1, -0.05) is 21.0 Å². The molecule has 3 N–H and O–H groups in total. The molecule has 1 aromatic carbocycles. The van der Waals surface area contributed by atoms with Crippen molar-refractivity contribution in [2.45, 2.75) is 26.5 Å². The number of anilines is 1. The van der Waals surface area contributed by atoms with Gasteiger partial charge in [-0.3, -0.25) is 0 Å². The Hall–Kier alpha value is -2.03. The van der Waals surface area contributed by atoms with Gasteiger partial charge >= 0.3 is 0 Å². The topological polar surface area (TPSA) is 100 Å². The van der Waals surface area contributed by atoms with E-state index in [9.17, 15) is 0 Å². The van der Waals surface area contributed by atoms with Crippen molar-refractivity contribution in [3.05, 3.63) is 22.2 Å². The molecule has 0 radical (unpaired) electrons. The van der Waals surface area contributed by atoms with E-state index in [-0.39, 0.29) is 12.1 Å². The van der Waals surface area contributed by atoms with Crippen LogP contribution in [0.25, 0.3) is 0 Å². The molecule has 0 saturated heterocycles. The van der Waals surface area contributed by atoms with Crippen LogP contribution in [-0.2, 0) is 6.54 Å². The summed E-state index contributed by atoms with van der Waals surface area (Å²) in [6.07, 6.45) is 0.0656. The summed E-state index contributed by atoms with van der Waals surface area (Å²) in [5.41, 5.74) is 9.53. The largest absolute Gasteiger partial charge is 0.493 e. The molecule has 21 heavy (non-hydrogen) atoms. The van der Waals surface area contributed by atoms with Crippen molar-refractivity contribution >= 4 is 21.9 Å². The van der Waals surface area contributed by atoms with E-state index >= 15 is 0 Å². The van der Waals surface area contributed by atoms with E-state index in [1.165, 1.54) is 4.79 Å². The molecule has 0 amide bonds. The molecule has 1 aromatic heterocycles. The van der Waals surface area contributed by atoms with E-state index in [1.807, 2.05) is 26.0 Å². The molecule has 0 aliphatic heterocycles. The van der Waals surface area contributed by atoms with Gasteiger partial charge in [0.25, 0.3) is 5.95 Å². The Morgan fingerprint density at radius 1 is 1.38 bits per heavy atom. The number of nitrogens with one attached hydrogen (secondary N) is 1. The summed E-state index contributed by atoms with van der Waals surface area (Å²) in [5.74, 6) is 1.54. The molecule has 0 saturated carbocycles. The maximum atomic E-state index is 5.71. The summed E-state index contributed by atoms with van der Waals surface area (Å²) >= 11 is 3.52. The third-order valence-electron chi connectivity index (χ3n) is 2.61. The number of hydrogen-bond donors (Lipinski definition) is 2. The van der Waals surface area contributed by atoms with Crippen LogP contribution in [0.3, 0.4) is 0 Å². The third kappa shape index (κ3) is 3.75. The summed E-state index contributed by atoms with van der Waals surface area (Å²) in [4.78, 5) is 1.30. The molecule has 8 nitrogen and oxygen atoms in total. The van der Waals surface area contributed by atoms with Crippen molar-refractivity contribution in [1.29, 1.82) is 0 Å². The summed E-state index contributed by atoms with van der Waals surface area (Å²) < 4.78 is 12.0. The number of aromatic nitrogens is 4. The lowest BCUT2D eigenvalue weighted by atomic mass is 10.2. The summed E-state index contributed by atoms with van der Waals surface area (Å²) in [7, 11) is 1.60. The molecule has 0 fully saturated rings. The highest BCUT2D eigenvalue weighted by Gasteiger charge is 2.12. The lowest BCUT2D eigenvalue weighted by molar-refractivity contribution is 0.230. The Balaban J connectivity index is 2.18. The molecule has 0 bridgehead atoms. The third-order valence-corrected chi connectivity index (χ3v) is 3.35. The lowest BCUT2D eigenvalue weighted by Gasteiger charge is -2.16. The van der Waals surface area contributed by atoms with Crippen molar-refractivity contribution in [3.8, 4) is 11.5 Å². The van der Waals surface area contributed by atoms with Gasteiger partial charge in [0.1, 0.15) is 0 Å². The van der Waals surface area contributed by atoms with E-state index in [4.69, 9.17) is 15.2 Å². The van der Waals surface area contributed by atoms with Gasteiger partial charge in [-0.2, -0.15) is 0 Å². The Morgan fingerprint density at radius 2 is 2.14 bits per heavy atom. The zero-order chi connectivity index (χ0) is 15.4. The maximum absolute atomic E-state index is 5.71. The average Bonchev–Trinajstić information content (AvgIpc) is 2.83. The average molecular weight is 357 g/mol. The first-order valence-corrected chi connectivity index (χ1v) is 7.11. The van der Waals surface area contributed by atoms with Crippen LogP contribution < -0.4 is 20.6 Å². The van der Waals surface area contributed by atoms with E-state index in [1.54, 1.807) is 7.11 Å². The number of nitrogens with zero attached hydrogens (tertiary/aromatic N) is 4. The second-order valence-corrected chi connectivity index (χ2v) is 5.40. The van der Waals surface area contributed by atoms with Gasteiger partial charge in [-0.25, -0.2) is 0 Å². The summed E-state index contributed by atoms with van der Waals surface area (Å²) in [6, 6.07) is 3.76. The second-order valence-electron chi connectivity index (χ2n) is 4.54. The number of ether oxygens (including phenoxy) is 2. The second kappa shape index (κ2) is 6.61. The molecular weight excluding hydrogens is 340 g/mol. The van der Waals surface area contributed by atoms with Crippen LogP contribution >= 0.6 is 15.9 Å². The number of benzene rings is 1. The molecule has 2 rings (SSSR count). The maximum Gasteiger partial charge on any atom is 0.260 e. The smallest absolute Gasteiger partial charge is 0.260 e. The number of nitrogens with two attached hydrogens (primary N) is 1. The normalized spacial score (nSPS) is 10.7. The molecule has 2 aromatic rings. The predicted octanol–water partition coefficient (Wildman–Crippen LogP) is 1.56. The van der Waals surface area contributed by atoms with Gasteiger partial charge in [-0.05, 0) is 42.0 Å². The summed E-state index contributed by atoms with van der Waals surface area (Å²) in [6.45, 7) is 4.39. The van der Waals surface area contributed by atoms with Crippen LogP contribution in [-0.4, -0.2) is 33.5 Å². The Kier molecular flexibility index (Phi) is 4.84. The molecule has 0 atom stereocenters. The van der Waals surface area contributed by atoms with Gasteiger partial charge < -0.3 is 20.6 Å². The zero-order valence-electron chi connectivity index (χ0n) is 12.0. The molecule has 9 heteroatoms. The van der Waals surface area contributed by atoms with Crippen LogP contribution in [0.2, 0.25) is 0 Å². The highest BCUT2D eigenvalue weighted by Crippen LogP contribution is 2.34. The van der Waals surface area contributed by atoms with Crippen molar-refractivity contribution < 1.29 is 9.47 Å². The van der Waals surface area contributed by atoms with Crippen molar-refractivity contribution in [1.82, 2.24) is 20.3 Å². The number of nitrogen functional groups attached to an aromatic ring is 1. The van der Waals surface area contributed by atoms with Gasteiger partial charge in [-0.15, -0.1) is 4.79 Å². The van der Waals surface area contributed by atoms with Crippen molar-refractivity contribution in [3.63, 3.8) is 0 Å². The van der Waals surface area contributed by atoms with Crippen LogP contribution in [0.15, 0.2) is 16.6 Å². The zero-order valence-corrected chi connectivity index (χ0v) is 13.6. The van der Waals surface area contributed by atoms with Crippen molar-refractivity contribution in [2.24, 2.45) is 0 Å². The SMILES string of the molecule is COc1cc(CNn2nnnc2N)c(Br)cc1OC(C)C. The fourth-order valence-corrected chi connectivity index (χ4v) is 2.15. The first kappa shape index (κ1) is 15.4. The van der Waals surface area contributed by atoms with Gasteiger partial charge in [0, 0.05) is 4.47 Å². The number of halogens is 1. The minimum atomic E-state index is 0.0656. The van der Waals surface area contributed by atoms with E-state index < -0.39 is 0 Å². The highest BCUT2D eigenvalue weighted by atomic mass is 79.9. The summed E-state index contributed by atoms with van der Waals surface area (Å²) in [5, 5.41) is 10.8. The Labute approximate surface area is 130 Å². The monoisotopic (exact) mass is 356 g/mol. The van der Waals surface area contributed by atoms with E-state index in [0.717, 1.165) is 10.0 Å². The lowest BCUT2D eigenvalue weighted by Crippen LogP contribution is -2.18. The predicted molar refractivity (Wildman–Crippen MR) is 81.8 cm³/mol. The number of rotatable bonds is 6. The fourth-order valence-electron chi connectivity index (χ4n) is 1.68. The quantitative estimate of drug-likeness (QED) is 0.809.